The van der Waals surface area contributed by atoms with E-state index in [2.05, 4.69) is 5.32 Å². The summed E-state index contributed by atoms with van der Waals surface area (Å²) < 4.78 is 9.72. The van der Waals surface area contributed by atoms with Crippen LogP contribution in [0.15, 0.2) is 30.3 Å². The lowest BCUT2D eigenvalue weighted by atomic mass is 10.1. The van der Waals surface area contributed by atoms with Gasteiger partial charge in [0.25, 0.3) is 0 Å². The Hall–Kier alpha value is -1.95. The molecule has 21 heavy (non-hydrogen) atoms. The quantitative estimate of drug-likeness (QED) is 0.469. The fraction of sp³-hybridized carbons (Fsp3) is 0.400. The monoisotopic (exact) mass is 309 g/mol. The van der Waals surface area contributed by atoms with Crippen LogP contribution in [0.25, 0.3) is 0 Å². The van der Waals surface area contributed by atoms with E-state index in [-0.39, 0.29) is 13.2 Å². The highest BCUT2D eigenvalue weighted by Crippen LogP contribution is 2.02. The molecule has 1 N–H and O–H groups in total. The molecule has 0 saturated heterocycles. The largest absolute Gasteiger partial charge is 0.464 e. The fourth-order valence-electron chi connectivity index (χ4n) is 1.66. The Balaban J connectivity index is 2.69. The first-order chi connectivity index (χ1) is 10.1. The van der Waals surface area contributed by atoms with Crippen molar-refractivity contribution in [2.75, 3.05) is 13.2 Å². The van der Waals surface area contributed by atoms with Crippen molar-refractivity contribution in [2.45, 2.75) is 26.3 Å². The minimum atomic E-state index is -1.22. The molecular formula is C15H19NO4S. The predicted molar refractivity (Wildman–Crippen MR) is 82.9 cm³/mol. The van der Waals surface area contributed by atoms with Gasteiger partial charge in [0, 0.05) is 6.42 Å². The number of nitrogens with one attached hydrogen (secondary N) is 1. The lowest BCUT2D eigenvalue weighted by molar-refractivity contribution is -0.157. The van der Waals surface area contributed by atoms with Gasteiger partial charge in [0.1, 0.15) is 0 Å². The maximum atomic E-state index is 11.8. The highest BCUT2D eigenvalue weighted by molar-refractivity contribution is 7.80. The summed E-state index contributed by atoms with van der Waals surface area (Å²) in [6.45, 7) is 3.70. The first-order valence-electron chi connectivity index (χ1n) is 6.75. The maximum absolute atomic E-state index is 11.8. The van der Waals surface area contributed by atoms with Crippen molar-refractivity contribution < 1.29 is 19.1 Å². The first-order valence-corrected chi connectivity index (χ1v) is 7.15. The lowest BCUT2D eigenvalue weighted by Crippen LogP contribution is -2.48. The van der Waals surface area contributed by atoms with Gasteiger partial charge in [-0.2, -0.15) is 0 Å². The van der Waals surface area contributed by atoms with E-state index < -0.39 is 18.0 Å². The van der Waals surface area contributed by atoms with Crippen LogP contribution in [0.2, 0.25) is 0 Å². The molecule has 0 heterocycles. The molecule has 1 rings (SSSR count). The molecule has 0 aromatic heterocycles. The van der Waals surface area contributed by atoms with Gasteiger partial charge < -0.3 is 14.8 Å². The molecule has 0 saturated carbocycles. The molecule has 0 unspecified atom stereocenters. The molecule has 0 amide bonds. The molecule has 0 bridgehead atoms. The summed E-state index contributed by atoms with van der Waals surface area (Å²) in [6, 6.07) is 8.30. The van der Waals surface area contributed by atoms with Crippen LogP contribution < -0.4 is 5.32 Å². The Morgan fingerprint density at radius 3 is 2.10 bits per heavy atom. The number of carbonyl (C=O) groups is 2. The van der Waals surface area contributed by atoms with E-state index in [1.807, 2.05) is 30.3 Å². The van der Waals surface area contributed by atoms with E-state index in [9.17, 15) is 9.59 Å². The Morgan fingerprint density at radius 2 is 1.62 bits per heavy atom. The van der Waals surface area contributed by atoms with E-state index in [1.165, 1.54) is 0 Å². The van der Waals surface area contributed by atoms with E-state index in [0.29, 0.717) is 11.4 Å². The van der Waals surface area contributed by atoms with Gasteiger partial charge in [-0.15, -0.1) is 0 Å². The van der Waals surface area contributed by atoms with E-state index in [1.54, 1.807) is 13.8 Å². The van der Waals surface area contributed by atoms with Crippen molar-refractivity contribution in [3.63, 3.8) is 0 Å². The molecule has 5 nitrogen and oxygen atoms in total. The van der Waals surface area contributed by atoms with Crippen LogP contribution >= 0.6 is 12.2 Å². The van der Waals surface area contributed by atoms with Gasteiger partial charge in [-0.1, -0.05) is 42.5 Å². The summed E-state index contributed by atoms with van der Waals surface area (Å²) in [5.74, 6) is -1.38. The third-order valence-corrected chi connectivity index (χ3v) is 2.82. The van der Waals surface area contributed by atoms with Crippen LogP contribution in [0, 0.1) is 0 Å². The molecule has 114 valence electrons. The second-order valence-electron chi connectivity index (χ2n) is 4.17. The molecule has 1 aromatic carbocycles. The summed E-state index contributed by atoms with van der Waals surface area (Å²) in [5, 5.41) is 2.72. The summed E-state index contributed by atoms with van der Waals surface area (Å²) in [7, 11) is 0. The smallest absolute Gasteiger partial charge is 0.340 e. The predicted octanol–water partition coefficient (Wildman–Crippen LogP) is 1.64. The standard InChI is InChI=1S/C15H19NO4S/c1-3-19-14(17)13(15(18)20-4-2)16-12(21)10-11-8-6-5-7-9-11/h5-9,13H,3-4,10H2,1-2H3,(H,16,21). The molecule has 0 aliphatic carbocycles. The molecule has 0 atom stereocenters. The van der Waals surface area contributed by atoms with Crippen LogP contribution in [0.4, 0.5) is 0 Å². The third kappa shape index (κ3) is 5.91. The number of esters is 2. The second kappa shape index (κ2) is 9.07. The lowest BCUT2D eigenvalue weighted by Gasteiger charge is -2.17. The zero-order chi connectivity index (χ0) is 15.7. The maximum Gasteiger partial charge on any atom is 0.340 e. The van der Waals surface area contributed by atoms with Crippen molar-refractivity contribution in [1.82, 2.24) is 5.32 Å². The molecule has 6 heteroatoms. The van der Waals surface area contributed by atoms with Gasteiger partial charge in [0.2, 0.25) is 6.04 Å². The molecule has 0 spiro atoms. The zero-order valence-corrected chi connectivity index (χ0v) is 12.9. The molecule has 0 radical (unpaired) electrons. The number of hydrogen-bond donors (Lipinski definition) is 1. The molecule has 0 fully saturated rings. The normalized spacial score (nSPS) is 10.0. The van der Waals surface area contributed by atoms with Crippen LogP contribution in [0.5, 0.6) is 0 Å². The number of ether oxygens (including phenoxy) is 2. The first kappa shape index (κ1) is 17.1. The van der Waals surface area contributed by atoms with Gasteiger partial charge in [0.15, 0.2) is 0 Å². The molecule has 0 aliphatic rings. The Morgan fingerprint density at radius 1 is 1.10 bits per heavy atom. The van der Waals surface area contributed by atoms with Gasteiger partial charge in [-0.25, -0.2) is 9.59 Å². The van der Waals surface area contributed by atoms with Crippen LogP contribution in [0.3, 0.4) is 0 Å². The van der Waals surface area contributed by atoms with Gasteiger partial charge in [-0.3, -0.25) is 0 Å². The fourth-order valence-corrected chi connectivity index (χ4v) is 1.94. The third-order valence-electron chi connectivity index (χ3n) is 2.56. The number of benzene rings is 1. The topological polar surface area (TPSA) is 64.6 Å². The van der Waals surface area contributed by atoms with Crippen molar-refractivity contribution in [3.8, 4) is 0 Å². The number of rotatable bonds is 7. The number of hydrogen-bond acceptors (Lipinski definition) is 5. The van der Waals surface area contributed by atoms with Crippen molar-refractivity contribution in [2.24, 2.45) is 0 Å². The van der Waals surface area contributed by atoms with Crippen molar-refractivity contribution in [3.05, 3.63) is 35.9 Å². The van der Waals surface area contributed by atoms with Crippen LogP contribution in [0.1, 0.15) is 19.4 Å². The Labute approximate surface area is 129 Å². The summed E-state index contributed by atoms with van der Waals surface area (Å²) in [6.07, 6.45) is 0.436. The van der Waals surface area contributed by atoms with E-state index >= 15 is 0 Å². The minimum Gasteiger partial charge on any atom is -0.464 e. The molecule has 0 aliphatic heterocycles. The number of thiocarbonyl (C=S) groups is 1. The summed E-state index contributed by atoms with van der Waals surface area (Å²) >= 11 is 5.19. The number of carbonyl (C=O) groups excluding carboxylic acids is 2. The van der Waals surface area contributed by atoms with Crippen LogP contribution in [-0.2, 0) is 25.5 Å². The molecule has 1 aromatic rings. The van der Waals surface area contributed by atoms with Crippen LogP contribution in [-0.4, -0.2) is 36.2 Å². The van der Waals surface area contributed by atoms with Gasteiger partial charge in [0.05, 0.1) is 18.2 Å². The van der Waals surface area contributed by atoms with Gasteiger partial charge >= 0.3 is 11.9 Å². The highest BCUT2D eigenvalue weighted by atomic mass is 32.1. The van der Waals surface area contributed by atoms with Crippen molar-refractivity contribution >= 4 is 29.1 Å². The SMILES string of the molecule is CCOC(=O)C(NC(=S)Cc1ccccc1)C(=O)OCC. The van der Waals surface area contributed by atoms with E-state index in [0.717, 1.165) is 5.56 Å². The molecular weight excluding hydrogens is 290 g/mol. The Kier molecular flexibility index (Phi) is 7.39. The summed E-state index contributed by atoms with van der Waals surface area (Å²) in [4.78, 5) is 24.0. The Bertz CT molecular complexity index is 472. The van der Waals surface area contributed by atoms with Crippen molar-refractivity contribution in [1.29, 1.82) is 0 Å². The summed E-state index contributed by atoms with van der Waals surface area (Å²) in [5.41, 5.74) is 0.987. The minimum absolute atomic E-state index is 0.182. The van der Waals surface area contributed by atoms with E-state index in [4.69, 9.17) is 21.7 Å². The average molecular weight is 309 g/mol. The zero-order valence-electron chi connectivity index (χ0n) is 12.1. The van der Waals surface area contributed by atoms with Gasteiger partial charge in [-0.05, 0) is 19.4 Å². The average Bonchev–Trinajstić information content (AvgIpc) is 2.46. The highest BCUT2D eigenvalue weighted by Gasteiger charge is 2.30. The second-order valence-corrected chi connectivity index (χ2v) is 4.66.